The quantitative estimate of drug-likeness (QED) is 0.0463. The predicted molar refractivity (Wildman–Crippen MR) is 327 cm³/mol. The molecule has 0 spiro atoms. The number of benzene rings is 2. The van der Waals surface area contributed by atoms with E-state index in [4.69, 9.17) is 22.9 Å². The summed E-state index contributed by atoms with van der Waals surface area (Å²) in [5.41, 5.74) is 24.4. The number of guanidine groups is 1. The lowest BCUT2D eigenvalue weighted by molar-refractivity contribution is -0.143. The summed E-state index contributed by atoms with van der Waals surface area (Å²) in [7, 11) is 0. The molecule has 25 heteroatoms. The monoisotopic (exact) mass is 1200 g/mol. The van der Waals surface area contributed by atoms with Gasteiger partial charge in [-0.2, -0.15) is 0 Å². The Kier molecular flexibility index (Phi) is 29.4. The first kappa shape index (κ1) is 70.8. The predicted octanol–water partition coefficient (Wildman–Crippen LogP) is -0.225. The van der Waals surface area contributed by atoms with E-state index in [-0.39, 0.29) is 115 Å². The zero-order chi connectivity index (χ0) is 63.6. The van der Waals surface area contributed by atoms with Crippen LogP contribution in [0, 0.1) is 23.7 Å². The normalized spacial score (nSPS) is 25.0. The van der Waals surface area contributed by atoms with Crippen LogP contribution in [-0.2, 0) is 60.8 Å². The fourth-order valence-corrected chi connectivity index (χ4v) is 10.4. The van der Waals surface area contributed by atoms with E-state index in [0.29, 0.717) is 17.5 Å². The highest BCUT2D eigenvalue weighted by Crippen LogP contribution is 2.22. The number of nitrogens with one attached hydrogen (secondary N) is 9. The van der Waals surface area contributed by atoms with Gasteiger partial charge in [-0.15, -0.1) is 0 Å². The lowest BCUT2D eigenvalue weighted by Gasteiger charge is -2.32. The molecule has 4 rings (SSSR count). The van der Waals surface area contributed by atoms with Crippen molar-refractivity contribution in [3.8, 4) is 0 Å². The lowest BCUT2D eigenvalue weighted by Crippen LogP contribution is -2.62. The molecule has 2 fully saturated rings. The Bertz CT molecular complexity index is 2600. The van der Waals surface area contributed by atoms with Crippen LogP contribution in [0.25, 0.3) is 0 Å². The first-order chi connectivity index (χ1) is 40.8. The van der Waals surface area contributed by atoms with Crippen molar-refractivity contribution >= 4 is 65.0 Å². The Morgan fingerprint density at radius 1 is 0.465 bits per heavy atom. The van der Waals surface area contributed by atoms with E-state index < -0.39 is 131 Å². The highest BCUT2D eigenvalue weighted by atomic mass is 16.2. The summed E-state index contributed by atoms with van der Waals surface area (Å²) in [6.45, 7) is 14.7. The number of carbonyl (C=O) groups is 10. The second-order valence-corrected chi connectivity index (χ2v) is 24.0. The molecule has 10 atom stereocenters. The Morgan fingerprint density at radius 3 is 1.26 bits per heavy atom. The molecule has 0 radical (unpaired) electrons. The van der Waals surface area contributed by atoms with Gasteiger partial charge in [0.1, 0.15) is 60.4 Å². The number of nitrogens with two attached hydrogens (primary N) is 4. The third-order valence-electron chi connectivity index (χ3n) is 15.1. The topological polar surface area (TPSA) is 399 Å². The largest absolute Gasteiger partial charge is 0.370 e. The molecule has 86 heavy (non-hydrogen) atoms. The summed E-state index contributed by atoms with van der Waals surface area (Å²) < 4.78 is 0. The van der Waals surface area contributed by atoms with Crippen molar-refractivity contribution < 1.29 is 47.9 Å². The summed E-state index contributed by atoms with van der Waals surface area (Å²) in [6.07, 6.45) is 1.54. The van der Waals surface area contributed by atoms with E-state index in [1.54, 1.807) is 88.4 Å². The zero-order valence-corrected chi connectivity index (χ0v) is 51.5. The van der Waals surface area contributed by atoms with Crippen molar-refractivity contribution in [1.29, 1.82) is 0 Å². The molecule has 2 heterocycles. The highest BCUT2D eigenvalue weighted by Gasteiger charge is 2.42. The van der Waals surface area contributed by atoms with Crippen LogP contribution in [0.15, 0.2) is 65.7 Å². The molecule has 0 bridgehead atoms. The van der Waals surface area contributed by atoms with Crippen LogP contribution in [0.1, 0.15) is 131 Å². The van der Waals surface area contributed by atoms with Gasteiger partial charge in [0.25, 0.3) is 0 Å². The summed E-state index contributed by atoms with van der Waals surface area (Å²) in [4.78, 5) is 151. The lowest BCUT2D eigenvalue weighted by atomic mass is 9.98. The Labute approximate surface area is 506 Å². The molecule has 2 aliphatic heterocycles. The fourth-order valence-electron chi connectivity index (χ4n) is 10.4. The van der Waals surface area contributed by atoms with E-state index in [1.807, 2.05) is 27.7 Å². The van der Waals surface area contributed by atoms with E-state index in [1.165, 1.54) is 4.90 Å². The molecule has 2 aliphatic rings. The molecule has 10 amide bonds. The fraction of sp³-hybridized carbons (Fsp3) is 0.623. The molecule has 2 saturated heterocycles. The number of fused-ring (bicyclic) bond motifs is 1. The maximum absolute atomic E-state index is 14.9. The molecule has 0 aromatic heterocycles. The van der Waals surface area contributed by atoms with E-state index >= 15 is 0 Å². The minimum Gasteiger partial charge on any atom is -0.370 e. The molecule has 25 nitrogen and oxygen atoms in total. The number of nitrogens with zero attached hydrogens (tertiary/aromatic N) is 2. The number of rotatable bonds is 20. The van der Waals surface area contributed by atoms with Crippen LogP contribution in [0.2, 0.25) is 0 Å². The molecular weight excluding hydrogens is 1100 g/mol. The van der Waals surface area contributed by atoms with Crippen molar-refractivity contribution in [2.75, 3.05) is 26.2 Å². The van der Waals surface area contributed by atoms with Crippen molar-refractivity contribution in [2.24, 2.45) is 51.6 Å². The standard InChI is InChI=1S/C61H97N15O10/c1-35(2)31-44-54(80)72-46(33-39-19-11-9-12-20-39)56(82)67-43(25-17-29-66-61(64)65)53(79)74-49(37(5)6)58(84)68-41(23-15-27-62)52(78)71-45(32-36(3)4)55(81)73-47(34-40-21-13-10-14-22-40)60(86)76-30-18-26-48(76)57(83)75-50(38(7)8)59(85)69-42(24-16-28-63)51(77)70-44/h9-14,19-22,35-38,41-50H,15-18,23-34,62-63H2,1-8H3,(H,67,82)(H,68,84)(H,69,85)(H,70,77)(H,71,78)(H,72,80)(H,73,81)(H,74,79)(H,75,83)(H4,64,65,66)/t41-,42-,43-,44-,45-,46+,47+,48-,49-,50-/m0/s1. The van der Waals surface area contributed by atoms with Crippen molar-refractivity contribution in [3.63, 3.8) is 0 Å². The second kappa shape index (κ2) is 35.7. The molecule has 0 unspecified atom stereocenters. The van der Waals surface area contributed by atoms with Gasteiger partial charge in [0.05, 0.1) is 0 Å². The Hall–Kier alpha value is -7.67. The van der Waals surface area contributed by atoms with Gasteiger partial charge in [-0.25, -0.2) is 0 Å². The average Bonchev–Trinajstić information content (AvgIpc) is 2.85. The third-order valence-corrected chi connectivity index (χ3v) is 15.1. The molecule has 476 valence electrons. The van der Waals surface area contributed by atoms with Crippen LogP contribution in [0.4, 0.5) is 0 Å². The molecule has 2 aromatic carbocycles. The second-order valence-electron chi connectivity index (χ2n) is 24.0. The molecule has 17 N–H and O–H groups in total. The van der Waals surface area contributed by atoms with Crippen LogP contribution in [0.3, 0.4) is 0 Å². The van der Waals surface area contributed by atoms with Crippen molar-refractivity contribution in [1.82, 2.24) is 52.8 Å². The van der Waals surface area contributed by atoms with Crippen LogP contribution >= 0.6 is 0 Å². The number of aliphatic imine (C=N–C) groups is 1. The summed E-state index contributed by atoms with van der Waals surface area (Å²) in [5, 5.41) is 25.3. The minimum absolute atomic E-state index is 0.00806. The number of hydrogen-bond acceptors (Lipinski definition) is 13. The van der Waals surface area contributed by atoms with Gasteiger partial charge in [-0.3, -0.25) is 52.9 Å². The maximum Gasteiger partial charge on any atom is 0.246 e. The van der Waals surface area contributed by atoms with E-state index in [0.717, 1.165) is 0 Å². The van der Waals surface area contributed by atoms with Crippen LogP contribution in [-0.4, -0.2) is 157 Å². The van der Waals surface area contributed by atoms with Gasteiger partial charge in [0.2, 0.25) is 59.1 Å². The van der Waals surface area contributed by atoms with E-state index in [9.17, 15) is 47.9 Å². The summed E-state index contributed by atoms with van der Waals surface area (Å²) in [6, 6.07) is 5.24. The smallest absolute Gasteiger partial charge is 0.246 e. The number of amides is 10. The number of hydrogen-bond donors (Lipinski definition) is 13. The molecular formula is C61H97N15O10. The first-order valence-corrected chi connectivity index (χ1v) is 30.4. The SMILES string of the molecule is CC(C)C[C@@H]1NC(=O)[C@H](CCCN)NC(=O)[C@H](C(C)C)NC(=O)[C@@H]2CCCN2C(=O)[C@@H](Cc2ccccc2)NC(=O)[C@H](CC(C)C)NC(=O)[C@H](CCCN)NC(=O)[C@H](C(C)C)NC(=O)[C@H](CCCN=C(N)N)NC(=O)[C@@H](Cc2ccccc2)NC1=O. The highest BCUT2D eigenvalue weighted by molar-refractivity contribution is 6.00. The van der Waals surface area contributed by atoms with Gasteiger partial charge in [-0.1, -0.05) is 116 Å². The van der Waals surface area contributed by atoms with Crippen LogP contribution in [0.5, 0.6) is 0 Å². The first-order valence-electron chi connectivity index (χ1n) is 30.4. The van der Waals surface area contributed by atoms with Gasteiger partial charge in [0.15, 0.2) is 5.96 Å². The minimum atomic E-state index is -1.35. The molecule has 0 aliphatic carbocycles. The van der Waals surface area contributed by atoms with Crippen LogP contribution < -0.4 is 70.8 Å². The van der Waals surface area contributed by atoms with Crippen molar-refractivity contribution in [3.05, 3.63) is 71.8 Å². The zero-order valence-electron chi connectivity index (χ0n) is 51.5. The van der Waals surface area contributed by atoms with Gasteiger partial charge < -0.3 is 75.7 Å². The average molecular weight is 1200 g/mol. The van der Waals surface area contributed by atoms with Gasteiger partial charge >= 0.3 is 0 Å². The Balaban J connectivity index is 1.88. The van der Waals surface area contributed by atoms with Crippen molar-refractivity contribution in [2.45, 2.75) is 193 Å². The Morgan fingerprint density at radius 2 is 0.826 bits per heavy atom. The maximum atomic E-state index is 14.9. The number of carbonyl (C=O) groups excluding carboxylic acids is 10. The third kappa shape index (κ3) is 23.0. The molecule has 2 aromatic rings. The van der Waals surface area contributed by atoms with E-state index in [2.05, 4.69) is 52.8 Å². The molecule has 0 saturated carbocycles. The summed E-state index contributed by atoms with van der Waals surface area (Å²) in [5.74, 6) is -8.82. The van der Waals surface area contributed by atoms with Gasteiger partial charge in [0, 0.05) is 25.9 Å². The summed E-state index contributed by atoms with van der Waals surface area (Å²) >= 11 is 0. The van der Waals surface area contributed by atoms with Gasteiger partial charge in [-0.05, 0) is 112 Å².